The molecule has 8 nitrogen and oxygen atoms in total. The van der Waals surface area contributed by atoms with Crippen molar-refractivity contribution in [3.8, 4) is 0 Å². The third-order valence-corrected chi connectivity index (χ3v) is 8.38. The smallest absolute Gasteiger partial charge is 0.346 e. The van der Waals surface area contributed by atoms with Crippen LogP contribution in [0.25, 0.3) is 0 Å². The molecule has 6 atom stereocenters. The molecule has 0 bridgehead atoms. The highest BCUT2D eigenvalue weighted by Crippen LogP contribution is 2.58. The van der Waals surface area contributed by atoms with E-state index in [9.17, 15) is 24.3 Å². The van der Waals surface area contributed by atoms with Crippen molar-refractivity contribution in [1.29, 1.82) is 0 Å². The summed E-state index contributed by atoms with van der Waals surface area (Å²) in [5, 5.41) is 19.6. The number of nitrogens with zero attached hydrogens (tertiary/aromatic N) is 1. The van der Waals surface area contributed by atoms with Gasteiger partial charge in [0.25, 0.3) is 0 Å². The minimum atomic E-state index is -2.15. The lowest BCUT2D eigenvalue weighted by Gasteiger charge is -2.45. The normalized spacial score (nSPS) is 37.0. The van der Waals surface area contributed by atoms with Crippen LogP contribution in [0, 0.1) is 23.7 Å². The molecular weight excluding hydrogens is 450 g/mol. The predicted molar refractivity (Wildman–Crippen MR) is 127 cm³/mol. The van der Waals surface area contributed by atoms with E-state index in [4.69, 9.17) is 9.84 Å². The Bertz CT molecular complexity index is 1050. The maximum atomic E-state index is 13.6. The van der Waals surface area contributed by atoms with Gasteiger partial charge in [0.15, 0.2) is 5.60 Å². The van der Waals surface area contributed by atoms with Gasteiger partial charge in [-0.15, -0.1) is 0 Å². The molecule has 0 aromatic rings. The van der Waals surface area contributed by atoms with E-state index in [1.54, 1.807) is 6.08 Å². The molecule has 1 saturated carbocycles. The molecule has 0 aromatic heterocycles. The number of allylic oxidation sites excluding steroid dienone is 2. The number of hydrogen-bond donors (Lipinski definition) is 2. The van der Waals surface area contributed by atoms with Crippen LogP contribution in [0.4, 0.5) is 0 Å². The van der Waals surface area contributed by atoms with Crippen LogP contribution >= 0.6 is 0 Å². The first-order chi connectivity index (χ1) is 16.4. The Morgan fingerprint density at radius 1 is 1.29 bits per heavy atom. The number of ketones is 1. The van der Waals surface area contributed by atoms with Gasteiger partial charge in [-0.3, -0.25) is 14.4 Å². The number of esters is 1. The molecular formula is C27H35NO7. The van der Waals surface area contributed by atoms with Crippen LogP contribution in [-0.4, -0.2) is 63.0 Å². The summed E-state index contributed by atoms with van der Waals surface area (Å²) >= 11 is 0. The Labute approximate surface area is 205 Å². The zero-order chi connectivity index (χ0) is 25.7. The lowest BCUT2D eigenvalue weighted by molar-refractivity contribution is -0.167. The molecule has 2 fully saturated rings. The lowest BCUT2D eigenvalue weighted by Crippen LogP contribution is -2.57. The number of carbonyl (C=O) groups is 4. The van der Waals surface area contributed by atoms with E-state index >= 15 is 0 Å². The van der Waals surface area contributed by atoms with Crippen molar-refractivity contribution >= 4 is 23.6 Å². The van der Waals surface area contributed by atoms with Crippen molar-refractivity contribution < 1.29 is 34.1 Å². The first kappa shape index (κ1) is 25.4. The molecule has 1 spiro atoms. The third-order valence-electron chi connectivity index (χ3n) is 8.38. The minimum absolute atomic E-state index is 0.148. The van der Waals surface area contributed by atoms with Gasteiger partial charge in [0.05, 0.1) is 0 Å². The van der Waals surface area contributed by atoms with E-state index in [1.807, 2.05) is 19.1 Å². The highest BCUT2D eigenvalue weighted by Gasteiger charge is 2.71. The van der Waals surface area contributed by atoms with Gasteiger partial charge >= 0.3 is 11.9 Å². The Morgan fingerprint density at radius 2 is 2.00 bits per heavy atom. The fourth-order valence-corrected chi connectivity index (χ4v) is 6.62. The number of aliphatic carboxylic acids is 1. The van der Waals surface area contributed by atoms with Crippen LogP contribution in [0.1, 0.15) is 59.8 Å². The van der Waals surface area contributed by atoms with Crippen molar-refractivity contribution in [2.24, 2.45) is 23.7 Å². The molecule has 2 aliphatic heterocycles. The van der Waals surface area contributed by atoms with Crippen LogP contribution in [-0.2, 0) is 23.9 Å². The number of fused-ring (bicyclic) bond motifs is 2. The van der Waals surface area contributed by atoms with Gasteiger partial charge in [0.2, 0.25) is 17.3 Å². The summed E-state index contributed by atoms with van der Waals surface area (Å²) in [4.78, 5) is 50.8. The molecule has 8 heteroatoms. The number of rotatable bonds is 7. The molecule has 2 aliphatic carbocycles. The Hall–Kier alpha value is -2.74. The molecule has 1 amide bonds. The molecule has 4 aliphatic rings. The van der Waals surface area contributed by atoms with Gasteiger partial charge in [-0.05, 0) is 64.7 Å². The number of aliphatic hydroxyl groups is 1. The second-order valence-electron chi connectivity index (χ2n) is 10.9. The molecule has 0 unspecified atom stereocenters. The highest BCUT2D eigenvalue weighted by atomic mass is 16.6. The Balaban J connectivity index is 1.52. The van der Waals surface area contributed by atoms with E-state index in [1.165, 1.54) is 17.4 Å². The molecule has 0 radical (unpaired) electrons. The van der Waals surface area contributed by atoms with Gasteiger partial charge in [0.1, 0.15) is 6.54 Å². The van der Waals surface area contributed by atoms with Gasteiger partial charge in [0, 0.05) is 24.0 Å². The highest BCUT2D eigenvalue weighted by molar-refractivity contribution is 6.16. The molecule has 1 saturated heterocycles. The number of carboxylic acid groups (broad SMARTS) is 1. The Kier molecular flexibility index (Phi) is 6.55. The molecule has 2 N–H and O–H groups in total. The van der Waals surface area contributed by atoms with Crippen molar-refractivity contribution in [1.82, 2.24) is 4.90 Å². The van der Waals surface area contributed by atoms with Crippen LogP contribution in [0.3, 0.4) is 0 Å². The van der Waals surface area contributed by atoms with Crippen LogP contribution < -0.4 is 0 Å². The fraction of sp³-hybridized carbons (Fsp3) is 0.630. The third kappa shape index (κ3) is 4.15. The zero-order valence-electron chi connectivity index (χ0n) is 20.9. The molecule has 35 heavy (non-hydrogen) atoms. The van der Waals surface area contributed by atoms with E-state index in [2.05, 4.69) is 13.8 Å². The second kappa shape index (κ2) is 9.04. The average molecular weight is 486 g/mol. The summed E-state index contributed by atoms with van der Waals surface area (Å²) in [7, 11) is 0. The minimum Gasteiger partial charge on any atom is -0.480 e. The largest absolute Gasteiger partial charge is 0.480 e. The first-order valence-corrected chi connectivity index (χ1v) is 12.5. The summed E-state index contributed by atoms with van der Waals surface area (Å²) in [5.41, 5.74) is -0.727. The van der Waals surface area contributed by atoms with Crippen molar-refractivity contribution in [3.63, 3.8) is 0 Å². The number of ether oxygens (including phenoxy) is 1. The van der Waals surface area contributed by atoms with Gasteiger partial charge in [-0.1, -0.05) is 36.3 Å². The van der Waals surface area contributed by atoms with Gasteiger partial charge in [-0.2, -0.15) is 0 Å². The lowest BCUT2D eigenvalue weighted by atomic mass is 9.60. The number of carboxylic acids is 1. The molecule has 0 aromatic carbocycles. The van der Waals surface area contributed by atoms with Crippen LogP contribution in [0.5, 0.6) is 0 Å². The van der Waals surface area contributed by atoms with E-state index in [0.717, 1.165) is 18.4 Å². The summed E-state index contributed by atoms with van der Waals surface area (Å²) in [6.07, 6.45) is 9.57. The first-order valence-electron chi connectivity index (χ1n) is 12.5. The van der Waals surface area contributed by atoms with Crippen molar-refractivity contribution in [3.05, 3.63) is 34.9 Å². The second-order valence-corrected chi connectivity index (χ2v) is 10.9. The number of Topliss-reactive ketones (excluding diaryl/α,β-unsaturated/α-hetero) is 1. The number of hydrogen-bond acceptors (Lipinski definition) is 6. The average Bonchev–Trinajstić information content (AvgIpc) is 3.38. The maximum absolute atomic E-state index is 13.6. The van der Waals surface area contributed by atoms with E-state index in [0.29, 0.717) is 31.4 Å². The predicted octanol–water partition coefficient (Wildman–Crippen LogP) is 2.81. The maximum Gasteiger partial charge on any atom is 0.346 e. The zero-order valence-corrected chi connectivity index (χ0v) is 20.9. The van der Waals surface area contributed by atoms with Gasteiger partial charge < -0.3 is 19.8 Å². The molecule has 2 heterocycles. The standard InChI is InChI=1S/C27H35NO7/c1-15(6-5-7-18-10-11-28(23(18)31)14-21(29)30)12-19-13-17(3)20-9-8-16(2)22(20)27(19)24(32)26(4,34)25(33)35-27/h10,12-13,16,19-20,22,34H,5-9,11,14H2,1-4H3,(H,29,30)/t16-,19+,20-,22+,26-,27-/m0/s1. The van der Waals surface area contributed by atoms with Crippen molar-refractivity contribution in [2.75, 3.05) is 13.1 Å². The summed E-state index contributed by atoms with van der Waals surface area (Å²) in [5.74, 6) is -2.99. The Morgan fingerprint density at radius 3 is 2.63 bits per heavy atom. The van der Waals surface area contributed by atoms with Gasteiger partial charge in [-0.25, -0.2) is 4.79 Å². The quantitative estimate of drug-likeness (QED) is 0.323. The summed E-state index contributed by atoms with van der Waals surface area (Å²) in [6.45, 7) is 7.37. The topological polar surface area (TPSA) is 121 Å². The SMILES string of the molecule is CC(=C[C@@H]1C=C(C)[C@@H]2CC[C@H](C)[C@H]2[C@@]12OC(=O)[C@@](C)(O)C2=O)CCCC1=CCN(CC(=O)O)C1=O. The van der Waals surface area contributed by atoms with Crippen LogP contribution in [0.2, 0.25) is 0 Å². The van der Waals surface area contributed by atoms with Crippen molar-refractivity contribution in [2.45, 2.75) is 71.0 Å². The van der Waals surface area contributed by atoms with Crippen LogP contribution in [0.15, 0.2) is 34.9 Å². The number of amides is 1. The molecule has 4 rings (SSSR count). The molecule has 190 valence electrons. The van der Waals surface area contributed by atoms with E-state index in [-0.39, 0.29) is 30.2 Å². The monoisotopic (exact) mass is 485 g/mol. The fourth-order valence-electron chi connectivity index (χ4n) is 6.62. The summed E-state index contributed by atoms with van der Waals surface area (Å²) < 4.78 is 5.87. The van der Waals surface area contributed by atoms with E-state index < -0.39 is 34.8 Å². The summed E-state index contributed by atoms with van der Waals surface area (Å²) in [6, 6.07) is 0. The number of carbonyl (C=O) groups excluding carboxylic acids is 3.